The van der Waals surface area contributed by atoms with Crippen molar-refractivity contribution in [1.82, 2.24) is 0 Å². The van der Waals surface area contributed by atoms with Gasteiger partial charge in [0.25, 0.3) is 0 Å². The van der Waals surface area contributed by atoms with E-state index in [0.29, 0.717) is 0 Å². The molecule has 0 aliphatic carbocycles. The zero-order valence-electron chi connectivity index (χ0n) is 5.55. The van der Waals surface area contributed by atoms with E-state index in [1.807, 2.05) is 12.2 Å². The van der Waals surface area contributed by atoms with Crippen molar-refractivity contribution in [1.29, 1.82) is 0 Å². The van der Waals surface area contributed by atoms with Gasteiger partial charge in [-0.25, -0.2) is 0 Å². The van der Waals surface area contributed by atoms with Gasteiger partial charge in [-0.2, -0.15) is 0 Å². The Morgan fingerprint density at radius 1 is 1.33 bits per heavy atom. The Balaban J connectivity index is 2.98. The normalized spacial score (nSPS) is 9.78. The molecule has 0 rings (SSSR count). The highest BCUT2D eigenvalue weighted by atomic mass is 16.1. The summed E-state index contributed by atoms with van der Waals surface area (Å²) in [5.74, 6) is 0. The molecule has 0 N–H and O–H groups in total. The van der Waals surface area contributed by atoms with E-state index < -0.39 is 0 Å². The van der Waals surface area contributed by atoms with Crippen LogP contribution in [0.2, 0.25) is 0 Å². The van der Waals surface area contributed by atoms with E-state index in [0.717, 1.165) is 25.5 Å². The molecule has 0 saturated carbocycles. The fraction of sp³-hybridized carbons (Fsp3) is 0.375. The Labute approximate surface area is 56.1 Å². The van der Waals surface area contributed by atoms with Gasteiger partial charge in [-0.05, 0) is 25.3 Å². The zero-order chi connectivity index (χ0) is 6.95. The molecule has 9 heavy (non-hydrogen) atoms. The predicted molar refractivity (Wildman–Crippen MR) is 39.3 cm³/mol. The maximum atomic E-state index is 9.73. The Kier molecular flexibility index (Phi) is 6.47. The van der Waals surface area contributed by atoms with Crippen LogP contribution in [-0.4, -0.2) is 6.29 Å². The average Bonchev–Trinajstić information content (AvgIpc) is 1.89. The highest BCUT2D eigenvalue weighted by Gasteiger charge is 1.76. The molecule has 0 aliphatic heterocycles. The molecule has 0 radical (unpaired) electrons. The fourth-order valence-electron chi connectivity index (χ4n) is 0.532. The lowest BCUT2D eigenvalue weighted by molar-refractivity contribution is -0.104. The van der Waals surface area contributed by atoms with Crippen LogP contribution >= 0.6 is 0 Å². The van der Waals surface area contributed by atoms with Crippen LogP contribution in [0.1, 0.15) is 19.3 Å². The van der Waals surface area contributed by atoms with Crippen LogP contribution in [0.3, 0.4) is 0 Å². The maximum Gasteiger partial charge on any atom is 0.142 e. The SMILES string of the molecule is C=CCCCC=CC=O. The van der Waals surface area contributed by atoms with Crippen molar-refractivity contribution in [2.24, 2.45) is 0 Å². The molecule has 0 unspecified atom stereocenters. The number of aldehydes is 1. The highest BCUT2D eigenvalue weighted by Crippen LogP contribution is 1.95. The van der Waals surface area contributed by atoms with Crippen molar-refractivity contribution < 1.29 is 4.79 Å². The largest absolute Gasteiger partial charge is 0.299 e. The summed E-state index contributed by atoms with van der Waals surface area (Å²) in [7, 11) is 0. The second kappa shape index (κ2) is 7.15. The van der Waals surface area contributed by atoms with Crippen molar-refractivity contribution in [2.45, 2.75) is 19.3 Å². The summed E-state index contributed by atoms with van der Waals surface area (Å²) in [5.41, 5.74) is 0. The Bertz CT molecular complexity index is 103. The first kappa shape index (κ1) is 8.15. The number of allylic oxidation sites excluding steroid dienone is 3. The van der Waals surface area contributed by atoms with Crippen LogP contribution in [0.4, 0.5) is 0 Å². The number of carbonyl (C=O) groups is 1. The summed E-state index contributed by atoms with van der Waals surface area (Å²) in [6.07, 6.45) is 9.18. The van der Waals surface area contributed by atoms with Crippen LogP contribution in [0.15, 0.2) is 24.8 Å². The van der Waals surface area contributed by atoms with Gasteiger partial charge in [-0.3, -0.25) is 4.79 Å². The summed E-state index contributed by atoms with van der Waals surface area (Å²) >= 11 is 0. The first-order valence-corrected chi connectivity index (χ1v) is 3.13. The smallest absolute Gasteiger partial charge is 0.142 e. The first-order chi connectivity index (χ1) is 4.41. The quantitative estimate of drug-likeness (QED) is 0.237. The third-order valence-electron chi connectivity index (χ3n) is 0.994. The van der Waals surface area contributed by atoms with Crippen LogP contribution < -0.4 is 0 Å². The molecule has 0 bridgehead atoms. The lowest BCUT2D eigenvalue weighted by atomic mass is 10.2. The summed E-state index contributed by atoms with van der Waals surface area (Å²) in [6.45, 7) is 3.58. The molecule has 0 amide bonds. The van der Waals surface area contributed by atoms with E-state index in [2.05, 4.69) is 6.58 Å². The molecule has 0 atom stereocenters. The third kappa shape index (κ3) is 7.15. The van der Waals surface area contributed by atoms with Gasteiger partial charge in [0.15, 0.2) is 0 Å². The summed E-state index contributed by atoms with van der Waals surface area (Å²) in [6, 6.07) is 0. The number of hydrogen-bond donors (Lipinski definition) is 0. The molecule has 0 aromatic heterocycles. The van der Waals surface area contributed by atoms with Crippen molar-refractivity contribution in [3.63, 3.8) is 0 Å². The molecular formula is C8H12O. The van der Waals surface area contributed by atoms with Gasteiger partial charge in [0, 0.05) is 0 Å². The van der Waals surface area contributed by atoms with E-state index >= 15 is 0 Å². The van der Waals surface area contributed by atoms with Gasteiger partial charge in [0.1, 0.15) is 6.29 Å². The third-order valence-corrected chi connectivity index (χ3v) is 0.994. The van der Waals surface area contributed by atoms with Gasteiger partial charge in [0.2, 0.25) is 0 Å². The molecule has 0 fully saturated rings. The van der Waals surface area contributed by atoms with E-state index in [9.17, 15) is 4.79 Å². The minimum Gasteiger partial charge on any atom is -0.299 e. The second-order valence-corrected chi connectivity index (χ2v) is 1.78. The molecule has 0 aromatic rings. The monoisotopic (exact) mass is 124 g/mol. The predicted octanol–water partition coefficient (Wildman–Crippen LogP) is 2.10. The van der Waals surface area contributed by atoms with Crippen molar-refractivity contribution in [2.75, 3.05) is 0 Å². The van der Waals surface area contributed by atoms with Gasteiger partial charge in [-0.1, -0.05) is 12.2 Å². The fourth-order valence-corrected chi connectivity index (χ4v) is 0.532. The molecule has 0 spiro atoms. The summed E-state index contributed by atoms with van der Waals surface area (Å²) in [5, 5.41) is 0. The van der Waals surface area contributed by atoms with E-state index in [1.54, 1.807) is 0 Å². The van der Waals surface area contributed by atoms with Crippen molar-refractivity contribution in [3.8, 4) is 0 Å². The van der Waals surface area contributed by atoms with Crippen LogP contribution in [0, 0.1) is 0 Å². The number of rotatable bonds is 5. The Morgan fingerprint density at radius 3 is 2.67 bits per heavy atom. The van der Waals surface area contributed by atoms with E-state index in [1.165, 1.54) is 6.08 Å². The van der Waals surface area contributed by atoms with Crippen molar-refractivity contribution >= 4 is 6.29 Å². The molecule has 50 valence electrons. The molecule has 0 aliphatic rings. The zero-order valence-corrected chi connectivity index (χ0v) is 5.55. The lowest BCUT2D eigenvalue weighted by Gasteiger charge is -1.85. The number of unbranched alkanes of at least 4 members (excludes halogenated alkanes) is 2. The first-order valence-electron chi connectivity index (χ1n) is 3.13. The van der Waals surface area contributed by atoms with Crippen LogP contribution in [0.5, 0.6) is 0 Å². The summed E-state index contributed by atoms with van der Waals surface area (Å²) < 4.78 is 0. The molecule has 0 aromatic carbocycles. The van der Waals surface area contributed by atoms with Gasteiger partial charge in [-0.15, -0.1) is 6.58 Å². The van der Waals surface area contributed by atoms with Crippen LogP contribution in [0.25, 0.3) is 0 Å². The average molecular weight is 124 g/mol. The maximum absolute atomic E-state index is 9.73. The van der Waals surface area contributed by atoms with Gasteiger partial charge >= 0.3 is 0 Å². The molecular weight excluding hydrogens is 112 g/mol. The second-order valence-electron chi connectivity index (χ2n) is 1.78. The molecule has 1 heteroatoms. The molecule has 1 nitrogen and oxygen atoms in total. The number of hydrogen-bond acceptors (Lipinski definition) is 1. The molecule has 0 heterocycles. The lowest BCUT2D eigenvalue weighted by Crippen LogP contribution is -1.67. The summed E-state index contributed by atoms with van der Waals surface area (Å²) in [4.78, 5) is 9.73. The standard InChI is InChI=1S/C8H12O/c1-2-3-4-5-6-7-8-9/h2,6-8H,1,3-5H2. The minimum absolute atomic E-state index is 0.800. The van der Waals surface area contributed by atoms with Gasteiger partial charge < -0.3 is 0 Å². The highest BCUT2D eigenvalue weighted by molar-refractivity contribution is 5.64. The molecule has 0 saturated heterocycles. The topological polar surface area (TPSA) is 17.1 Å². The van der Waals surface area contributed by atoms with E-state index in [4.69, 9.17) is 0 Å². The Morgan fingerprint density at radius 2 is 2.11 bits per heavy atom. The van der Waals surface area contributed by atoms with E-state index in [-0.39, 0.29) is 0 Å². The van der Waals surface area contributed by atoms with Gasteiger partial charge in [0.05, 0.1) is 0 Å². The van der Waals surface area contributed by atoms with Crippen LogP contribution in [-0.2, 0) is 4.79 Å². The van der Waals surface area contributed by atoms with Crippen molar-refractivity contribution in [3.05, 3.63) is 24.8 Å². The minimum atomic E-state index is 0.800. The number of carbonyl (C=O) groups excluding carboxylic acids is 1. The Hall–Kier alpha value is -0.850.